The van der Waals surface area contributed by atoms with Gasteiger partial charge in [0.2, 0.25) is 0 Å². The monoisotopic (exact) mass is 357 g/mol. The van der Waals surface area contributed by atoms with Crippen LogP contribution in [0.4, 0.5) is 19.0 Å². The van der Waals surface area contributed by atoms with Gasteiger partial charge in [-0.25, -0.2) is 14.6 Å². The summed E-state index contributed by atoms with van der Waals surface area (Å²) < 4.78 is 40.3. The molecule has 8 nitrogen and oxygen atoms in total. The summed E-state index contributed by atoms with van der Waals surface area (Å²) in [5.41, 5.74) is -0.201. The van der Waals surface area contributed by atoms with Crippen molar-refractivity contribution >= 4 is 28.8 Å². The van der Waals surface area contributed by atoms with Gasteiger partial charge in [0.05, 0.1) is 5.39 Å². The highest BCUT2D eigenvalue weighted by Gasteiger charge is 2.43. The summed E-state index contributed by atoms with van der Waals surface area (Å²) in [5.74, 6) is -3.39. The van der Waals surface area contributed by atoms with Gasteiger partial charge in [-0.3, -0.25) is 5.10 Å². The average molecular weight is 357 g/mol. The minimum absolute atomic E-state index is 0.155. The van der Waals surface area contributed by atoms with Crippen molar-refractivity contribution in [2.24, 2.45) is 0 Å². The Hall–Kier alpha value is -2.69. The van der Waals surface area contributed by atoms with E-state index in [2.05, 4.69) is 24.8 Å². The van der Waals surface area contributed by atoms with Gasteiger partial charge in [-0.15, -0.1) is 0 Å². The average Bonchev–Trinajstić information content (AvgIpc) is 2.97. The molecule has 1 saturated heterocycles. The molecule has 2 aromatic rings. The normalized spacial score (nSPS) is 16.2. The van der Waals surface area contributed by atoms with Crippen molar-refractivity contribution < 1.29 is 27.5 Å². The Morgan fingerprint density at radius 2 is 1.88 bits per heavy atom. The number of anilines is 1. The Balaban J connectivity index is 1.80. The number of carbonyl (C=O) groups excluding carboxylic acids is 2. The fourth-order valence-electron chi connectivity index (χ4n) is 2.45. The number of aromatic amines is 1. The van der Waals surface area contributed by atoms with E-state index in [0.29, 0.717) is 5.82 Å². The minimum Gasteiger partial charge on any atom is -0.381 e. The third-order valence-corrected chi connectivity index (χ3v) is 3.85. The van der Waals surface area contributed by atoms with Crippen molar-refractivity contribution in [1.82, 2.24) is 20.1 Å². The van der Waals surface area contributed by atoms with Gasteiger partial charge in [-0.1, -0.05) is 0 Å². The van der Waals surface area contributed by atoms with Gasteiger partial charge in [-0.2, -0.15) is 18.3 Å². The number of hydrogen-bond acceptors (Lipinski definition) is 7. The first-order valence-corrected chi connectivity index (χ1v) is 7.37. The number of piperazine rings is 1. The first-order chi connectivity index (χ1) is 11.8. The van der Waals surface area contributed by atoms with E-state index < -0.39 is 18.1 Å². The Labute approximate surface area is 139 Å². The SMILES string of the molecule is CN1CCN(c2ccc3c(C(=O)OC(=O)C(F)(F)F)[nH]nc3n2)CC1. The van der Waals surface area contributed by atoms with E-state index in [1.807, 2.05) is 11.9 Å². The Morgan fingerprint density at radius 3 is 2.52 bits per heavy atom. The van der Waals surface area contributed by atoms with Gasteiger partial charge in [0, 0.05) is 26.2 Å². The molecule has 3 rings (SSSR count). The third kappa shape index (κ3) is 3.55. The van der Waals surface area contributed by atoms with Gasteiger partial charge >= 0.3 is 18.1 Å². The standard InChI is InChI=1S/C14H14F3N5O3/c1-21-4-6-22(7-5-21)9-3-2-8-10(19-20-11(8)18-9)12(23)25-13(24)14(15,16)17/h2-3H,4-7H2,1H3,(H,18,19,20). The van der Waals surface area contributed by atoms with E-state index in [-0.39, 0.29) is 16.7 Å². The van der Waals surface area contributed by atoms with Crippen molar-refractivity contribution in [2.75, 3.05) is 38.1 Å². The number of esters is 2. The molecule has 0 bridgehead atoms. The molecule has 0 saturated carbocycles. The van der Waals surface area contributed by atoms with Crippen LogP contribution in [-0.2, 0) is 9.53 Å². The summed E-state index contributed by atoms with van der Waals surface area (Å²) in [5, 5.41) is 6.27. The first-order valence-electron chi connectivity index (χ1n) is 7.37. The van der Waals surface area contributed by atoms with Crippen molar-refractivity contribution in [3.05, 3.63) is 17.8 Å². The molecule has 0 spiro atoms. The molecule has 3 heterocycles. The number of carbonyl (C=O) groups is 2. The predicted molar refractivity (Wildman–Crippen MR) is 80.1 cm³/mol. The Morgan fingerprint density at radius 1 is 1.20 bits per heavy atom. The molecule has 2 aromatic heterocycles. The molecular formula is C14H14F3N5O3. The zero-order valence-electron chi connectivity index (χ0n) is 13.1. The van der Waals surface area contributed by atoms with Crippen molar-refractivity contribution in [3.8, 4) is 0 Å². The lowest BCUT2D eigenvalue weighted by atomic mass is 10.2. The third-order valence-electron chi connectivity index (χ3n) is 3.85. The summed E-state index contributed by atoms with van der Waals surface area (Å²) in [6.07, 6.45) is -5.25. The molecule has 0 unspecified atom stereocenters. The van der Waals surface area contributed by atoms with Crippen LogP contribution in [0, 0.1) is 0 Å². The van der Waals surface area contributed by atoms with Gasteiger partial charge in [0.1, 0.15) is 5.82 Å². The molecule has 0 aliphatic carbocycles. The summed E-state index contributed by atoms with van der Waals surface area (Å²) in [7, 11) is 2.02. The van der Waals surface area contributed by atoms with Crippen molar-refractivity contribution in [2.45, 2.75) is 6.18 Å². The Kier molecular flexibility index (Phi) is 4.33. The minimum atomic E-state index is -5.25. The van der Waals surface area contributed by atoms with Gasteiger partial charge in [0.25, 0.3) is 0 Å². The van der Waals surface area contributed by atoms with Crippen molar-refractivity contribution in [1.29, 1.82) is 0 Å². The number of hydrogen-bond donors (Lipinski definition) is 1. The summed E-state index contributed by atoms with van der Waals surface area (Å²) in [6.45, 7) is 3.29. The van der Waals surface area contributed by atoms with Crippen LogP contribution in [-0.4, -0.2) is 71.4 Å². The second-order valence-corrected chi connectivity index (χ2v) is 5.60. The molecular weight excluding hydrogens is 343 g/mol. The maximum atomic E-state index is 12.2. The quantitative estimate of drug-likeness (QED) is 0.632. The maximum Gasteiger partial charge on any atom is 0.491 e. The molecule has 1 aliphatic heterocycles. The fourth-order valence-corrected chi connectivity index (χ4v) is 2.45. The number of alkyl halides is 3. The molecule has 0 radical (unpaired) electrons. The zero-order valence-corrected chi connectivity index (χ0v) is 13.1. The molecule has 25 heavy (non-hydrogen) atoms. The van der Waals surface area contributed by atoms with Crippen LogP contribution in [0.2, 0.25) is 0 Å². The largest absolute Gasteiger partial charge is 0.491 e. The lowest BCUT2D eigenvalue weighted by Gasteiger charge is -2.33. The molecule has 11 heteroatoms. The highest BCUT2D eigenvalue weighted by atomic mass is 19.4. The number of fused-ring (bicyclic) bond motifs is 1. The number of halogens is 3. The lowest BCUT2D eigenvalue weighted by molar-refractivity contribution is -0.193. The maximum absolute atomic E-state index is 12.2. The van der Waals surface area contributed by atoms with E-state index in [0.717, 1.165) is 26.2 Å². The summed E-state index contributed by atoms with van der Waals surface area (Å²) in [6, 6.07) is 3.15. The molecule has 1 fully saturated rings. The predicted octanol–water partition coefficient (Wildman–Crippen LogP) is 0.955. The van der Waals surface area contributed by atoms with Crippen LogP contribution in [0.1, 0.15) is 10.5 Å². The van der Waals surface area contributed by atoms with E-state index in [4.69, 9.17) is 0 Å². The van der Waals surface area contributed by atoms with Crippen LogP contribution >= 0.6 is 0 Å². The number of likely N-dealkylation sites (N-methyl/N-ethyl adjacent to an activating group) is 1. The highest BCUT2D eigenvalue weighted by Crippen LogP contribution is 2.22. The van der Waals surface area contributed by atoms with E-state index in [9.17, 15) is 22.8 Å². The number of ether oxygens (including phenoxy) is 1. The zero-order chi connectivity index (χ0) is 18.2. The summed E-state index contributed by atoms with van der Waals surface area (Å²) in [4.78, 5) is 31.0. The Bertz CT molecular complexity index is 812. The number of aromatic nitrogens is 3. The van der Waals surface area contributed by atoms with Crippen LogP contribution in [0.15, 0.2) is 12.1 Å². The van der Waals surface area contributed by atoms with Crippen LogP contribution < -0.4 is 4.90 Å². The van der Waals surface area contributed by atoms with Crippen molar-refractivity contribution in [3.63, 3.8) is 0 Å². The van der Waals surface area contributed by atoms with Crippen LogP contribution in [0.25, 0.3) is 11.0 Å². The van der Waals surface area contributed by atoms with Gasteiger partial charge in [-0.05, 0) is 19.2 Å². The topological polar surface area (TPSA) is 91.4 Å². The number of H-pyrrole nitrogens is 1. The molecule has 1 N–H and O–H groups in total. The second-order valence-electron chi connectivity index (χ2n) is 5.60. The smallest absolute Gasteiger partial charge is 0.381 e. The summed E-state index contributed by atoms with van der Waals surface area (Å²) >= 11 is 0. The number of rotatable bonds is 2. The fraction of sp³-hybridized carbons (Fsp3) is 0.429. The number of nitrogens with one attached hydrogen (secondary N) is 1. The molecule has 134 valence electrons. The van der Waals surface area contributed by atoms with Crippen LogP contribution in [0.5, 0.6) is 0 Å². The van der Waals surface area contributed by atoms with E-state index >= 15 is 0 Å². The molecule has 0 aromatic carbocycles. The molecule has 0 amide bonds. The second kappa shape index (κ2) is 6.31. The number of pyridine rings is 1. The molecule has 1 aliphatic rings. The van der Waals surface area contributed by atoms with E-state index in [1.54, 1.807) is 6.07 Å². The molecule has 0 atom stereocenters. The number of nitrogens with zero attached hydrogens (tertiary/aromatic N) is 4. The lowest BCUT2D eigenvalue weighted by Crippen LogP contribution is -2.44. The van der Waals surface area contributed by atoms with E-state index in [1.165, 1.54) is 6.07 Å². The van der Waals surface area contributed by atoms with Crippen LogP contribution in [0.3, 0.4) is 0 Å². The van der Waals surface area contributed by atoms with Gasteiger partial charge < -0.3 is 14.5 Å². The highest BCUT2D eigenvalue weighted by molar-refractivity contribution is 6.05. The van der Waals surface area contributed by atoms with Gasteiger partial charge in [0.15, 0.2) is 11.3 Å². The first kappa shape index (κ1) is 17.1.